The summed E-state index contributed by atoms with van der Waals surface area (Å²) in [7, 11) is 1.61. The van der Waals surface area contributed by atoms with Gasteiger partial charge in [-0.05, 0) is 12.8 Å². The van der Waals surface area contributed by atoms with E-state index in [4.69, 9.17) is 4.74 Å². The standard InChI is InChI=1S/C14H24N2O3/c1-19-8-7-15-14(18)11-9-13(17)16(10-11)12-5-3-2-4-6-12/h11-12H,2-10H2,1H3,(H,15,18)/t11-/m0/s1. The van der Waals surface area contributed by atoms with Crippen molar-refractivity contribution in [3.8, 4) is 0 Å². The van der Waals surface area contributed by atoms with Crippen molar-refractivity contribution in [2.24, 2.45) is 5.92 Å². The Bertz CT molecular complexity index is 327. The number of carbonyl (C=O) groups excluding carboxylic acids is 2. The fraction of sp³-hybridized carbons (Fsp3) is 0.857. The molecule has 1 aliphatic heterocycles. The summed E-state index contributed by atoms with van der Waals surface area (Å²) in [5.41, 5.74) is 0. The van der Waals surface area contributed by atoms with Gasteiger partial charge in [0.2, 0.25) is 11.8 Å². The third-order valence-electron chi connectivity index (χ3n) is 4.15. The molecule has 2 fully saturated rings. The Morgan fingerprint density at radius 2 is 2.11 bits per heavy atom. The topological polar surface area (TPSA) is 58.6 Å². The number of hydrogen-bond acceptors (Lipinski definition) is 3. The van der Waals surface area contributed by atoms with Gasteiger partial charge < -0.3 is 15.0 Å². The molecule has 108 valence electrons. The van der Waals surface area contributed by atoms with Crippen molar-refractivity contribution < 1.29 is 14.3 Å². The monoisotopic (exact) mass is 268 g/mol. The molecular formula is C14H24N2O3. The van der Waals surface area contributed by atoms with E-state index in [-0.39, 0.29) is 17.7 Å². The first-order valence-electron chi connectivity index (χ1n) is 7.28. The molecule has 1 saturated carbocycles. The highest BCUT2D eigenvalue weighted by Crippen LogP contribution is 2.28. The number of hydrogen-bond donors (Lipinski definition) is 1. The van der Waals surface area contributed by atoms with Gasteiger partial charge in [-0.3, -0.25) is 9.59 Å². The summed E-state index contributed by atoms with van der Waals surface area (Å²) in [5.74, 6) is -0.0335. The van der Waals surface area contributed by atoms with Crippen LogP contribution in [0.15, 0.2) is 0 Å². The van der Waals surface area contributed by atoms with Crippen molar-refractivity contribution in [1.82, 2.24) is 10.2 Å². The average Bonchev–Trinajstić information content (AvgIpc) is 2.82. The van der Waals surface area contributed by atoms with E-state index in [9.17, 15) is 9.59 Å². The molecule has 1 aliphatic carbocycles. The molecule has 5 nitrogen and oxygen atoms in total. The van der Waals surface area contributed by atoms with Gasteiger partial charge in [-0.2, -0.15) is 0 Å². The van der Waals surface area contributed by atoms with E-state index in [1.165, 1.54) is 19.3 Å². The fourth-order valence-corrected chi connectivity index (χ4v) is 3.07. The van der Waals surface area contributed by atoms with Gasteiger partial charge in [0.1, 0.15) is 0 Å². The van der Waals surface area contributed by atoms with Gasteiger partial charge in [0.25, 0.3) is 0 Å². The highest BCUT2D eigenvalue weighted by Gasteiger charge is 2.37. The summed E-state index contributed by atoms with van der Waals surface area (Å²) < 4.78 is 4.90. The van der Waals surface area contributed by atoms with Crippen LogP contribution >= 0.6 is 0 Å². The first-order valence-corrected chi connectivity index (χ1v) is 7.28. The van der Waals surface area contributed by atoms with Gasteiger partial charge in [-0.15, -0.1) is 0 Å². The lowest BCUT2D eigenvalue weighted by atomic mass is 9.94. The summed E-state index contributed by atoms with van der Waals surface area (Å²) in [4.78, 5) is 25.9. The van der Waals surface area contributed by atoms with Crippen LogP contribution in [0.4, 0.5) is 0 Å². The van der Waals surface area contributed by atoms with Crippen molar-refractivity contribution in [3.05, 3.63) is 0 Å². The first-order chi connectivity index (χ1) is 9.22. The quantitative estimate of drug-likeness (QED) is 0.755. The molecule has 1 saturated heterocycles. The van der Waals surface area contributed by atoms with Gasteiger partial charge in [0, 0.05) is 32.7 Å². The molecule has 2 rings (SSSR count). The normalized spacial score (nSPS) is 24.8. The summed E-state index contributed by atoms with van der Waals surface area (Å²) >= 11 is 0. The third kappa shape index (κ3) is 3.69. The summed E-state index contributed by atoms with van der Waals surface area (Å²) in [6.07, 6.45) is 6.26. The maximum absolute atomic E-state index is 12.0. The zero-order chi connectivity index (χ0) is 13.7. The Balaban J connectivity index is 1.82. The Kier molecular flexibility index (Phi) is 5.19. The van der Waals surface area contributed by atoms with Gasteiger partial charge in [0.05, 0.1) is 12.5 Å². The van der Waals surface area contributed by atoms with Crippen molar-refractivity contribution in [2.45, 2.75) is 44.6 Å². The van der Waals surface area contributed by atoms with Crippen LogP contribution in [0.1, 0.15) is 38.5 Å². The van der Waals surface area contributed by atoms with Gasteiger partial charge >= 0.3 is 0 Å². The van der Waals surface area contributed by atoms with Crippen LogP contribution in [0.2, 0.25) is 0 Å². The number of likely N-dealkylation sites (tertiary alicyclic amines) is 1. The van der Waals surface area contributed by atoms with E-state index >= 15 is 0 Å². The van der Waals surface area contributed by atoms with E-state index in [2.05, 4.69) is 5.32 Å². The summed E-state index contributed by atoms with van der Waals surface area (Å²) in [5, 5.41) is 2.83. The first kappa shape index (κ1) is 14.3. The molecule has 1 heterocycles. The fourth-order valence-electron chi connectivity index (χ4n) is 3.07. The van der Waals surface area contributed by atoms with E-state index in [0.29, 0.717) is 32.2 Å². The minimum atomic E-state index is -0.175. The summed E-state index contributed by atoms with van der Waals surface area (Å²) in [6, 6.07) is 0.373. The van der Waals surface area contributed by atoms with Crippen LogP contribution in [-0.4, -0.2) is 49.6 Å². The molecule has 2 amide bonds. The molecule has 5 heteroatoms. The number of ether oxygens (including phenoxy) is 1. The maximum Gasteiger partial charge on any atom is 0.225 e. The maximum atomic E-state index is 12.0. The van der Waals surface area contributed by atoms with Crippen LogP contribution in [0.3, 0.4) is 0 Å². The Morgan fingerprint density at radius 3 is 2.79 bits per heavy atom. The van der Waals surface area contributed by atoms with Gasteiger partial charge in [-0.1, -0.05) is 19.3 Å². The molecule has 0 spiro atoms. The molecule has 19 heavy (non-hydrogen) atoms. The number of methoxy groups -OCH3 is 1. The highest BCUT2D eigenvalue weighted by molar-refractivity contribution is 5.89. The van der Waals surface area contributed by atoms with Crippen LogP contribution in [0.5, 0.6) is 0 Å². The summed E-state index contributed by atoms with van der Waals surface area (Å²) in [6.45, 7) is 1.63. The molecule has 0 aromatic rings. The van der Waals surface area contributed by atoms with Crippen molar-refractivity contribution in [3.63, 3.8) is 0 Å². The smallest absolute Gasteiger partial charge is 0.225 e. The molecule has 0 aromatic heterocycles. The van der Waals surface area contributed by atoms with Crippen molar-refractivity contribution in [1.29, 1.82) is 0 Å². The second kappa shape index (κ2) is 6.89. The molecule has 0 unspecified atom stereocenters. The number of rotatable bonds is 5. The Hall–Kier alpha value is -1.10. The third-order valence-corrected chi connectivity index (χ3v) is 4.15. The Morgan fingerprint density at radius 1 is 1.37 bits per heavy atom. The molecule has 1 N–H and O–H groups in total. The predicted molar refractivity (Wildman–Crippen MR) is 71.6 cm³/mol. The van der Waals surface area contributed by atoms with Gasteiger partial charge in [0.15, 0.2) is 0 Å². The molecule has 0 bridgehead atoms. The Labute approximate surface area is 114 Å². The second-order valence-electron chi connectivity index (χ2n) is 5.52. The number of nitrogens with one attached hydrogen (secondary N) is 1. The molecule has 1 atom stereocenters. The zero-order valence-corrected chi connectivity index (χ0v) is 11.7. The van der Waals surface area contributed by atoms with E-state index in [1.54, 1.807) is 7.11 Å². The number of carbonyl (C=O) groups is 2. The lowest BCUT2D eigenvalue weighted by molar-refractivity contribution is -0.130. The molecular weight excluding hydrogens is 244 g/mol. The number of amides is 2. The van der Waals surface area contributed by atoms with E-state index in [0.717, 1.165) is 12.8 Å². The predicted octanol–water partition coefficient (Wildman–Crippen LogP) is 0.930. The second-order valence-corrected chi connectivity index (χ2v) is 5.52. The number of nitrogens with zero attached hydrogens (tertiary/aromatic N) is 1. The largest absolute Gasteiger partial charge is 0.383 e. The average molecular weight is 268 g/mol. The lowest BCUT2D eigenvalue weighted by Crippen LogP contribution is -2.39. The van der Waals surface area contributed by atoms with Gasteiger partial charge in [-0.25, -0.2) is 0 Å². The highest BCUT2D eigenvalue weighted by atomic mass is 16.5. The zero-order valence-electron chi connectivity index (χ0n) is 11.7. The van der Waals surface area contributed by atoms with Crippen LogP contribution in [0, 0.1) is 5.92 Å². The SMILES string of the molecule is COCCNC(=O)[C@H]1CC(=O)N(C2CCCCC2)C1. The van der Waals surface area contributed by atoms with Crippen LogP contribution in [-0.2, 0) is 14.3 Å². The molecule has 0 aromatic carbocycles. The molecule has 0 radical (unpaired) electrons. The van der Waals surface area contributed by atoms with Crippen molar-refractivity contribution >= 4 is 11.8 Å². The van der Waals surface area contributed by atoms with E-state index in [1.807, 2.05) is 4.90 Å². The lowest BCUT2D eigenvalue weighted by Gasteiger charge is -2.31. The van der Waals surface area contributed by atoms with E-state index < -0.39 is 0 Å². The van der Waals surface area contributed by atoms with Crippen LogP contribution < -0.4 is 5.32 Å². The van der Waals surface area contributed by atoms with Crippen LogP contribution in [0.25, 0.3) is 0 Å². The molecule has 2 aliphatic rings. The minimum Gasteiger partial charge on any atom is -0.383 e. The van der Waals surface area contributed by atoms with Crippen molar-refractivity contribution in [2.75, 3.05) is 26.8 Å². The minimum absolute atomic E-state index is 0.0105.